The number of amides is 1. The molecule has 0 saturated carbocycles. The molecule has 2 aromatic rings. The second-order valence-electron chi connectivity index (χ2n) is 4.35. The molecule has 1 aromatic carbocycles. The average Bonchev–Trinajstić information content (AvgIpc) is 3.00. The molecule has 0 spiro atoms. The minimum atomic E-state index is -0.632. The van der Waals surface area contributed by atoms with Crippen molar-refractivity contribution in [1.29, 1.82) is 0 Å². The van der Waals surface area contributed by atoms with Crippen LogP contribution in [0, 0.1) is 5.82 Å². The summed E-state index contributed by atoms with van der Waals surface area (Å²) in [6, 6.07) is 6.12. The number of rotatable bonds is 6. The third kappa shape index (κ3) is 4.08. The summed E-state index contributed by atoms with van der Waals surface area (Å²) in [5.74, 6) is -1.54. The molecule has 1 amide bonds. The number of carbonyl (C=O) groups excluding carboxylic acids is 2. The minimum Gasteiger partial charge on any atom is -0.451 e. The number of hydrogen-bond donors (Lipinski definition) is 1. The molecular weight excluding hydrogens is 309 g/mol. The maximum Gasteiger partial charge on any atom is 0.352 e. The van der Waals surface area contributed by atoms with Crippen LogP contribution in [0.15, 0.2) is 24.3 Å². The van der Waals surface area contributed by atoms with E-state index in [-0.39, 0.29) is 6.54 Å². The fourth-order valence-electron chi connectivity index (χ4n) is 1.68. The lowest BCUT2D eigenvalue weighted by Gasteiger charge is -2.07. The molecule has 116 valence electrons. The molecule has 0 radical (unpaired) electrons. The van der Waals surface area contributed by atoms with Crippen LogP contribution in [0.5, 0.6) is 0 Å². The molecule has 1 aromatic heterocycles. The first-order valence-electron chi connectivity index (χ1n) is 6.60. The molecule has 0 aliphatic carbocycles. The number of carbonyl (C=O) groups is 2. The van der Waals surface area contributed by atoms with Gasteiger partial charge in [-0.15, -0.1) is 5.10 Å². The van der Waals surface area contributed by atoms with Gasteiger partial charge in [0.25, 0.3) is 5.91 Å². The molecule has 0 aliphatic rings. The molecule has 0 aliphatic heterocycles. The van der Waals surface area contributed by atoms with Crippen LogP contribution < -0.4 is 5.32 Å². The first-order valence-corrected chi connectivity index (χ1v) is 7.37. The molecule has 2 rings (SSSR count). The van der Waals surface area contributed by atoms with Gasteiger partial charge in [-0.1, -0.05) is 29.6 Å². The predicted molar refractivity (Wildman–Crippen MR) is 77.8 cm³/mol. The van der Waals surface area contributed by atoms with Crippen LogP contribution in [0.3, 0.4) is 0 Å². The van der Waals surface area contributed by atoms with Gasteiger partial charge in [0.05, 0.1) is 5.69 Å². The van der Waals surface area contributed by atoms with Crippen LogP contribution in [-0.4, -0.2) is 28.1 Å². The zero-order valence-corrected chi connectivity index (χ0v) is 12.7. The SMILES string of the molecule is CCc1nnsc1C(=O)OCC(=O)NCc1ccccc1F. The Hall–Kier alpha value is -2.35. The number of esters is 1. The number of nitrogens with one attached hydrogen (secondary N) is 1. The van der Waals surface area contributed by atoms with Gasteiger partial charge in [0, 0.05) is 12.1 Å². The smallest absolute Gasteiger partial charge is 0.352 e. The van der Waals surface area contributed by atoms with Gasteiger partial charge in [-0.25, -0.2) is 9.18 Å². The number of aryl methyl sites for hydroxylation is 1. The van der Waals surface area contributed by atoms with Crippen LogP contribution >= 0.6 is 11.5 Å². The first-order chi connectivity index (χ1) is 10.6. The Labute approximate surface area is 130 Å². The Morgan fingerprint density at radius 3 is 2.86 bits per heavy atom. The summed E-state index contributed by atoms with van der Waals surface area (Å²) in [4.78, 5) is 23.7. The summed E-state index contributed by atoms with van der Waals surface area (Å²) in [6.07, 6.45) is 0.556. The number of hydrogen-bond acceptors (Lipinski definition) is 6. The normalized spacial score (nSPS) is 10.3. The lowest BCUT2D eigenvalue weighted by molar-refractivity contribution is -0.124. The van der Waals surface area contributed by atoms with Crippen molar-refractivity contribution in [2.24, 2.45) is 0 Å². The summed E-state index contributed by atoms with van der Waals surface area (Å²) >= 11 is 0.929. The van der Waals surface area contributed by atoms with E-state index in [2.05, 4.69) is 14.9 Å². The van der Waals surface area contributed by atoms with E-state index in [0.717, 1.165) is 11.5 Å². The quantitative estimate of drug-likeness (QED) is 0.819. The Morgan fingerprint density at radius 1 is 1.36 bits per heavy atom. The van der Waals surface area contributed by atoms with Crippen molar-refractivity contribution in [3.8, 4) is 0 Å². The summed E-state index contributed by atoms with van der Waals surface area (Å²) < 4.78 is 21.9. The molecule has 1 heterocycles. The van der Waals surface area contributed by atoms with E-state index in [0.29, 0.717) is 22.6 Å². The van der Waals surface area contributed by atoms with Crippen LogP contribution in [0.1, 0.15) is 27.9 Å². The van der Waals surface area contributed by atoms with Gasteiger partial charge >= 0.3 is 5.97 Å². The standard InChI is InChI=1S/C14H14FN3O3S/c1-2-11-13(22-18-17-11)14(20)21-8-12(19)16-7-9-5-3-4-6-10(9)15/h3-6H,2,7-8H2,1H3,(H,16,19). The van der Waals surface area contributed by atoms with Crippen LogP contribution in [-0.2, 0) is 22.5 Å². The van der Waals surface area contributed by atoms with Crippen molar-refractivity contribution in [2.45, 2.75) is 19.9 Å². The highest BCUT2D eigenvalue weighted by atomic mass is 32.1. The fourth-order valence-corrected chi connectivity index (χ4v) is 2.32. The molecule has 0 fully saturated rings. The van der Waals surface area contributed by atoms with Gasteiger partial charge in [0.2, 0.25) is 0 Å². The van der Waals surface area contributed by atoms with E-state index in [1.165, 1.54) is 6.07 Å². The zero-order chi connectivity index (χ0) is 15.9. The molecule has 0 bridgehead atoms. The van der Waals surface area contributed by atoms with Gasteiger partial charge < -0.3 is 10.1 Å². The number of halogens is 1. The summed E-state index contributed by atoms with van der Waals surface area (Å²) in [5.41, 5.74) is 0.906. The molecule has 8 heteroatoms. The molecule has 0 saturated heterocycles. The zero-order valence-electron chi connectivity index (χ0n) is 11.8. The van der Waals surface area contributed by atoms with Crippen LogP contribution in [0.25, 0.3) is 0 Å². The van der Waals surface area contributed by atoms with E-state index >= 15 is 0 Å². The highest BCUT2D eigenvalue weighted by Crippen LogP contribution is 2.12. The second-order valence-corrected chi connectivity index (χ2v) is 5.10. The Kier molecular flexibility index (Phi) is 5.54. The number of nitrogens with zero attached hydrogens (tertiary/aromatic N) is 2. The first kappa shape index (κ1) is 16.0. The molecule has 1 N–H and O–H groups in total. The van der Waals surface area contributed by atoms with Crippen LogP contribution in [0.4, 0.5) is 4.39 Å². The minimum absolute atomic E-state index is 0.0331. The topological polar surface area (TPSA) is 81.2 Å². The highest BCUT2D eigenvalue weighted by Gasteiger charge is 2.17. The number of aromatic nitrogens is 2. The van der Waals surface area contributed by atoms with Gasteiger partial charge in [-0.2, -0.15) is 0 Å². The van der Waals surface area contributed by atoms with Crippen molar-refractivity contribution < 1.29 is 18.7 Å². The lowest BCUT2D eigenvalue weighted by Crippen LogP contribution is -2.28. The van der Waals surface area contributed by atoms with Gasteiger partial charge in [0.1, 0.15) is 5.82 Å². The van der Waals surface area contributed by atoms with E-state index in [1.807, 2.05) is 6.92 Å². The maximum atomic E-state index is 13.4. The van der Waals surface area contributed by atoms with Crippen molar-refractivity contribution in [2.75, 3.05) is 6.61 Å². The second kappa shape index (κ2) is 7.60. The van der Waals surface area contributed by atoms with Crippen molar-refractivity contribution in [3.05, 3.63) is 46.2 Å². The monoisotopic (exact) mass is 323 g/mol. The van der Waals surface area contributed by atoms with E-state index in [4.69, 9.17) is 4.74 Å². The lowest BCUT2D eigenvalue weighted by atomic mass is 10.2. The highest BCUT2D eigenvalue weighted by molar-refractivity contribution is 7.07. The summed E-state index contributed by atoms with van der Waals surface area (Å²) in [5, 5.41) is 6.28. The molecule has 0 unspecified atom stereocenters. The summed E-state index contributed by atoms with van der Waals surface area (Å²) in [7, 11) is 0. The molecular formula is C14H14FN3O3S. The predicted octanol–water partition coefficient (Wildman–Crippen LogP) is 1.71. The van der Waals surface area contributed by atoms with Gasteiger partial charge in [-0.05, 0) is 24.0 Å². The van der Waals surface area contributed by atoms with Crippen LogP contribution in [0.2, 0.25) is 0 Å². The Morgan fingerprint density at radius 2 is 2.14 bits per heavy atom. The third-order valence-electron chi connectivity index (χ3n) is 2.84. The van der Waals surface area contributed by atoms with E-state index in [9.17, 15) is 14.0 Å². The van der Waals surface area contributed by atoms with E-state index in [1.54, 1.807) is 18.2 Å². The molecule has 6 nitrogen and oxygen atoms in total. The largest absolute Gasteiger partial charge is 0.451 e. The van der Waals surface area contributed by atoms with Crippen molar-refractivity contribution in [1.82, 2.24) is 14.9 Å². The molecule has 0 atom stereocenters. The van der Waals surface area contributed by atoms with Crippen molar-refractivity contribution in [3.63, 3.8) is 0 Å². The maximum absolute atomic E-state index is 13.4. The Bertz CT molecular complexity index is 675. The van der Waals surface area contributed by atoms with E-state index < -0.39 is 24.3 Å². The third-order valence-corrected chi connectivity index (χ3v) is 3.59. The molecule has 22 heavy (non-hydrogen) atoms. The van der Waals surface area contributed by atoms with Crippen molar-refractivity contribution >= 4 is 23.4 Å². The number of benzene rings is 1. The van der Waals surface area contributed by atoms with Gasteiger partial charge in [0.15, 0.2) is 11.5 Å². The summed E-state index contributed by atoms with van der Waals surface area (Å²) in [6.45, 7) is 1.44. The fraction of sp³-hybridized carbons (Fsp3) is 0.286. The van der Waals surface area contributed by atoms with Gasteiger partial charge in [-0.3, -0.25) is 4.79 Å². The number of ether oxygens (including phenoxy) is 1. The average molecular weight is 323 g/mol. The Balaban J connectivity index is 1.81.